The third-order valence-corrected chi connectivity index (χ3v) is 4.65. The summed E-state index contributed by atoms with van der Waals surface area (Å²) in [5.74, 6) is 0.706. The topological polar surface area (TPSA) is 3.24 Å². The molecule has 1 saturated carbocycles. The molecule has 0 N–H and O–H groups in total. The Morgan fingerprint density at radius 2 is 2.11 bits per heavy atom. The molecular weight excluding hydrogens is 249 g/mol. The maximum atomic E-state index is 13.7. The largest absolute Gasteiger partial charge is 0.300 e. The smallest absolute Gasteiger partial charge is 0.126 e. The zero-order valence-electron chi connectivity index (χ0n) is 11.2. The van der Waals surface area contributed by atoms with Crippen LogP contribution in [0.25, 0.3) is 0 Å². The van der Waals surface area contributed by atoms with Gasteiger partial charge in [0.1, 0.15) is 5.82 Å². The Labute approximate surface area is 115 Å². The normalized spacial score (nSPS) is 30.2. The molecule has 2 atom stereocenters. The van der Waals surface area contributed by atoms with Gasteiger partial charge in [-0.05, 0) is 50.3 Å². The molecule has 1 aliphatic heterocycles. The minimum atomic E-state index is -0.0504. The lowest BCUT2D eigenvalue weighted by Crippen LogP contribution is -2.32. The van der Waals surface area contributed by atoms with E-state index in [1.54, 1.807) is 6.07 Å². The quantitative estimate of drug-likeness (QED) is 0.794. The number of rotatable bonds is 2. The molecule has 0 aromatic heterocycles. The van der Waals surface area contributed by atoms with E-state index in [4.69, 9.17) is 0 Å². The van der Waals surface area contributed by atoms with Gasteiger partial charge in [0.15, 0.2) is 0 Å². The molecule has 1 aromatic rings. The summed E-state index contributed by atoms with van der Waals surface area (Å²) in [5, 5.41) is 0. The maximum absolute atomic E-state index is 13.7. The Kier molecular flexibility index (Phi) is 3.46. The van der Waals surface area contributed by atoms with Crippen LogP contribution in [0.5, 0.6) is 0 Å². The summed E-state index contributed by atoms with van der Waals surface area (Å²) in [6, 6.07) is 6.42. The number of likely N-dealkylation sites (tertiary alicyclic amines) is 1. The molecule has 18 heavy (non-hydrogen) atoms. The molecule has 0 amide bonds. The summed E-state index contributed by atoms with van der Waals surface area (Å²) < 4.78 is 13.7. The van der Waals surface area contributed by atoms with Crippen LogP contribution in [0, 0.1) is 18.7 Å². The number of hydrogen-bond donors (Lipinski definition) is 0. The number of hydrogen-bond acceptors (Lipinski definition) is 1. The van der Waals surface area contributed by atoms with Crippen LogP contribution in [0.2, 0.25) is 0 Å². The van der Waals surface area contributed by atoms with E-state index < -0.39 is 0 Å². The summed E-state index contributed by atoms with van der Waals surface area (Å²) >= 11 is 0. The summed E-state index contributed by atoms with van der Waals surface area (Å²) in [6.07, 6.45) is 1.25. The third kappa shape index (κ3) is 1.96. The molecule has 2 unspecified atom stereocenters. The standard InChI is InChI=1S/C15H20FN.ClH/c1-10(2)17-8-13-7-15(13,9-17)12-5-4-11(3)14(16)6-12;/h4-6,10,13H,7-9H2,1-3H3;1H. The van der Waals surface area contributed by atoms with Gasteiger partial charge in [-0.2, -0.15) is 0 Å². The van der Waals surface area contributed by atoms with Crippen molar-refractivity contribution in [1.29, 1.82) is 0 Å². The van der Waals surface area contributed by atoms with Gasteiger partial charge in [0.05, 0.1) is 0 Å². The van der Waals surface area contributed by atoms with Crippen molar-refractivity contribution in [2.24, 2.45) is 5.92 Å². The third-order valence-electron chi connectivity index (χ3n) is 4.65. The molecular formula is C15H21ClFN. The SMILES string of the molecule is Cc1ccc(C23CC2CN(C(C)C)C3)cc1F.Cl. The average Bonchev–Trinajstić information content (AvgIpc) is 2.85. The molecule has 1 heterocycles. The average molecular weight is 270 g/mol. The number of benzene rings is 1. The Bertz CT molecular complexity index is 460. The van der Waals surface area contributed by atoms with Gasteiger partial charge in [-0.3, -0.25) is 4.90 Å². The number of aryl methyl sites for hydroxylation is 1. The van der Waals surface area contributed by atoms with Gasteiger partial charge in [-0.1, -0.05) is 12.1 Å². The fourth-order valence-corrected chi connectivity index (χ4v) is 3.26. The van der Waals surface area contributed by atoms with E-state index >= 15 is 0 Å². The van der Waals surface area contributed by atoms with Crippen LogP contribution >= 0.6 is 12.4 Å². The van der Waals surface area contributed by atoms with Crippen LogP contribution in [0.1, 0.15) is 31.4 Å². The van der Waals surface area contributed by atoms with Crippen molar-refractivity contribution in [3.05, 3.63) is 35.1 Å². The molecule has 0 spiro atoms. The highest BCUT2D eigenvalue weighted by atomic mass is 35.5. The van der Waals surface area contributed by atoms with Crippen molar-refractivity contribution in [1.82, 2.24) is 4.90 Å². The van der Waals surface area contributed by atoms with Gasteiger partial charge >= 0.3 is 0 Å². The lowest BCUT2D eigenvalue weighted by molar-refractivity contribution is 0.243. The van der Waals surface area contributed by atoms with E-state index in [-0.39, 0.29) is 23.6 Å². The second-order valence-electron chi connectivity index (χ2n) is 6.04. The molecule has 3 rings (SSSR count). The fraction of sp³-hybridized carbons (Fsp3) is 0.600. The molecule has 1 nitrogen and oxygen atoms in total. The highest BCUT2D eigenvalue weighted by Crippen LogP contribution is 2.59. The van der Waals surface area contributed by atoms with Crippen molar-refractivity contribution in [2.75, 3.05) is 13.1 Å². The predicted molar refractivity (Wildman–Crippen MR) is 74.9 cm³/mol. The monoisotopic (exact) mass is 269 g/mol. The van der Waals surface area contributed by atoms with E-state index in [9.17, 15) is 4.39 Å². The lowest BCUT2D eigenvalue weighted by Gasteiger charge is -2.24. The molecule has 1 aliphatic carbocycles. The van der Waals surface area contributed by atoms with Gasteiger partial charge < -0.3 is 0 Å². The first-order valence-corrected chi connectivity index (χ1v) is 6.53. The van der Waals surface area contributed by atoms with Crippen LogP contribution in [0.3, 0.4) is 0 Å². The van der Waals surface area contributed by atoms with Crippen LogP contribution in [-0.4, -0.2) is 24.0 Å². The predicted octanol–water partition coefficient (Wildman–Crippen LogP) is 3.54. The zero-order chi connectivity index (χ0) is 12.2. The van der Waals surface area contributed by atoms with Crippen molar-refractivity contribution in [3.8, 4) is 0 Å². The summed E-state index contributed by atoms with van der Waals surface area (Å²) in [7, 11) is 0. The van der Waals surface area contributed by atoms with E-state index in [0.29, 0.717) is 6.04 Å². The van der Waals surface area contributed by atoms with Gasteiger partial charge in [0.25, 0.3) is 0 Å². The summed E-state index contributed by atoms with van der Waals surface area (Å²) in [6.45, 7) is 8.61. The summed E-state index contributed by atoms with van der Waals surface area (Å²) in [4.78, 5) is 2.52. The van der Waals surface area contributed by atoms with Gasteiger partial charge in [0.2, 0.25) is 0 Å². The molecule has 0 bridgehead atoms. The van der Waals surface area contributed by atoms with E-state index in [2.05, 4.69) is 24.8 Å². The minimum Gasteiger partial charge on any atom is -0.300 e. The van der Waals surface area contributed by atoms with Gasteiger partial charge in [0, 0.05) is 24.5 Å². The van der Waals surface area contributed by atoms with Gasteiger partial charge in [-0.15, -0.1) is 12.4 Å². The Balaban J connectivity index is 0.00000120. The number of fused-ring (bicyclic) bond motifs is 1. The highest BCUT2D eigenvalue weighted by molar-refractivity contribution is 5.85. The van der Waals surface area contributed by atoms with Crippen molar-refractivity contribution >= 4 is 12.4 Å². The molecule has 100 valence electrons. The highest BCUT2D eigenvalue weighted by Gasteiger charge is 2.60. The van der Waals surface area contributed by atoms with Crippen molar-refractivity contribution < 1.29 is 4.39 Å². The number of piperidine rings is 1. The van der Waals surface area contributed by atoms with Crippen LogP contribution < -0.4 is 0 Å². The Morgan fingerprint density at radius 1 is 1.39 bits per heavy atom. The fourth-order valence-electron chi connectivity index (χ4n) is 3.26. The van der Waals surface area contributed by atoms with Crippen LogP contribution in [0.4, 0.5) is 4.39 Å². The Morgan fingerprint density at radius 3 is 2.67 bits per heavy atom. The van der Waals surface area contributed by atoms with Crippen LogP contribution in [-0.2, 0) is 5.41 Å². The number of halogens is 2. The first-order valence-electron chi connectivity index (χ1n) is 6.53. The molecule has 3 heteroatoms. The maximum Gasteiger partial charge on any atom is 0.126 e. The van der Waals surface area contributed by atoms with Gasteiger partial charge in [-0.25, -0.2) is 4.39 Å². The molecule has 1 saturated heterocycles. The second-order valence-corrected chi connectivity index (χ2v) is 6.04. The molecule has 0 radical (unpaired) electrons. The molecule has 2 fully saturated rings. The first kappa shape index (κ1) is 13.8. The Hall–Kier alpha value is -0.600. The minimum absolute atomic E-state index is 0. The van der Waals surface area contributed by atoms with E-state index in [1.165, 1.54) is 18.5 Å². The molecule has 2 aliphatic rings. The number of nitrogens with zero attached hydrogens (tertiary/aromatic N) is 1. The van der Waals surface area contributed by atoms with Crippen molar-refractivity contribution in [2.45, 2.75) is 38.6 Å². The van der Waals surface area contributed by atoms with Crippen LogP contribution in [0.15, 0.2) is 18.2 Å². The van der Waals surface area contributed by atoms with E-state index in [0.717, 1.165) is 18.0 Å². The zero-order valence-corrected chi connectivity index (χ0v) is 12.1. The first-order chi connectivity index (χ1) is 8.03. The van der Waals surface area contributed by atoms with E-state index in [1.807, 2.05) is 13.0 Å². The van der Waals surface area contributed by atoms with Crippen molar-refractivity contribution in [3.63, 3.8) is 0 Å². The second kappa shape index (κ2) is 4.50. The molecule has 1 aromatic carbocycles. The lowest BCUT2D eigenvalue weighted by atomic mass is 9.94. The summed E-state index contributed by atoms with van der Waals surface area (Å²) in [5.41, 5.74) is 2.24.